The number of rotatable bonds is 5. The zero-order valence-electron chi connectivity index (χ0n) is 24.1. The van der Waals surface area contributed by atoms with E-state index in [4.69, 9.17) is 0 Å². The van der Waals surface area contributed by atoms with Gasteiger partial charge in [-0.1, -0.05) is 18.2 Å². The minimum Gasteiger partial charge on any atom is -0.481 e. The molecule has 3 saturated carbocycles. The minimum absolute atomic E-state index is 0.0624. The monoisotopic (exact) mass is 679 g/mol. The quantitative estimate of drug-likeness (QED) is 0.284. The SMILES string of the molecule is O=C(O)C12CCC(C(=O)N3CC4CCc5cc(C(F)(C(F)(F)F)C(F)(F)F)ccc5C4(S(=O)(=O)c4ccc(F)cc4)C3)(CC1)CC2. The highest BCUT2D eigenvalue weighted by atomic mass is 32.2. The molecule has 0 aromatic heterocycles. The van der Waals surface area contributed by atoms with Crippen LogP contribution < -0.4 is 0 Å². The molecule has 2 aromatic rings. The van der Waals surface area contributed by atoms with Crippen LogP contribution in [0.25, 0.3) is 0 Å². The Morgan fingerprint density at radius 3 is 1.89 bits per heavy atom. The van der Waals surface area contributed by atoms with Gasteiger partial charge < -0.3 is 10.0 Å². The number of halogens is 8. The molecule has 1 N–H and O–H groups in total. The Balaban J connectivity index is 1.46. The summed E-state index contributed by atoms with van der Waals surface area (Å²) in [6.45, 7) is -0.585. The summed E-state index contributed by atoms with van der Waals surface area (Å²) in [4.78, 5) is 27.1. The van der Waals surface area contributed by atoms with Crippen LogP contribution in [0, 0.1) is 22.6 Å². The molecule has 2 atom stereocenters. The average Bonchev–Trinajstić information content (AvgIpc) is 3.42. The largest absolute Gasteiger partial charge is 0.481 e. The van der Waals surface area contributed by atoms with E-state index < -0.39 is 73.2 Å². The van der Waals surface area contributed by atoms with E-state index in [-0.39, 0.29) is 79.8 Å². The molecule has 46 heavy (non-hydrogen) atoms. The highest BCUT2D eigenvalue weighted by molar-refractivity contribution is 7.92. The first-order valence-corrected chi connectivity index (χ1v) is 16.2. The van der Waals surface area contributed by atoms with Gasteiger partial charge in [0.25, 0.3) is 0 Å². The number of likely N-dealkylation sites (tertiary alicyclic amines) is 1. The molecule has 1 saturated heterocycles. The Bertz CT molecular complexity index is 1670. The summed E-state index contributed by atoms with van der Waals surface area (Å²) in [6, 6.07) is 5.26. The number of amides is 1. The average molecular weight is 680 g/mol. The van der Waals surface area contributed by atoms with Crippen LogP contribution in [0.5, 0.6) is 0 Å². The van der Waals surface area contributed by atoms with Crippen LogP contribution in [0.2, 0.25) is 0 Å². The number of nitrogens with zero attached hydrogens (tertiary/aromatic N) is 1. The predicted octanol–water partition coefficient (Wildman–Crippen LogP) is 6.61. The van der Waals surface area contributed by atoms with Gasteiger partial charge in [0.05, 0.1) is 10.3 Å². The number of carbonyl (C=O) groups is 2. The molecular weight excluding hydrogens is 650 g/mol. The minimum atomic E-state index is -6.37. The Kier molecular flexibility index (Phi) is 7.20. The van der Waals surface area contributed by atoms with Crippen molar-refractivity contribution in [1.29, 1.82) is 0 Å². The smallest absolute Gasteiger partial charge is 0.435 e. The second-order valence-electron chi connectivity index (χ2n) is 13.2. The molecular formula is C31H29F8NO5S. The Hall–Kier alpha value is -3.23. The maximum atomic E-state index is 15.1. The van der Waals surface area contributed by atoms with E-state index in [0.29, 0.717) is 12.1 Å². The van der Waals surface area contributed by atoms with Crippen LogP contribution >= 0.6 is 0 Å². The molecule has 6 nitrogen and oxygen atoms in total. The molecule has 0 radical (unpaired) electrons. The van der Waals surface area contributed by atoms with Crippen molar-refractivity contribution >= 4 is 21.7 Å². The normalized spacial score (nSPS) is 29.7. The fourth-order valence-electron chi connectivity index (χ4n) is 8.36. The van der Waals surface area contributed by atoms with Gasteiger partial charge in [0.1, 0.15) is 10.6 Å². The summed E-state index contributed by atoms with van der Waals surface area (Å²) in [5.41, 5.74) is -9.71. The van der Waals surface area contributed by atoms with E-state index in [9.17, 15) is 53.8 Å². The lowest BCUT2D eigenvalue weighted by Crippen LogP contribution is -2.54. The number of aryl methyl sites for hydroxylation is 1. The topological polar surface area (TPSA) is 91.8 Å². The number of carbonyl (C=O) groups excluding carboxylic acids is 1. The summed E-state index contributed by atoms with van der Waals surface area (Å²) in [7, 11) is -4.61. The van der Waals surface area contributed by atoms with Crippen molar-refractivity contribution in [1.82, 2.24) is 4.90 Å². The van der Waals surface area contributed by atoms with Crippen LogP contribution in [0.15, 0.2) is 47.4 Å². The van der Waals surface area contributed by atoms with E-state index in [1.165, 1.54) is 4.90 Å². The molecule has 7 rings (SSSR count). The molecule has 1 amide bonds. The number of sulfone groups is 1. The van der Waals surface area contributed by atoms with E-state index >= 15 is 4.39 Å². The van der Waals surface area contributed by atoms with Gasteiger partial charge in [0.2, 0.25) is 5.91 Å². The first-order chi connectivity index (χ1) is 21.2. The highest BCUT2D eigenvalue weighted by Gasteiger charge is 2.74. The van der Waals surface area contributed by atoms with Crippen molar-refractivity contribution in [3.8, 4) is 0 Å². The van der Waals surface area contributed by atoms with Gasteiger partial charge in [0.15, 0.2) is 9.84 Å². The third kappa shape index (κ3) is 4.35. The van der Waals surface area contributed by atoms with Gasteiger partial charge in [-0.3, -0.25) is 9.59 Å². The number of alkyl halides is 7. The van der Waals surface area contributed by atoms with Gasteiger partial charge in [-0.15, -0.1) is 0 Å². The summed E-state index contributed by atoms with van der Waals surface area (Å²) < 4.78 is 138. The van der Waals surface area contributed by atoms with Crippen molar-refractivity contribution in [2.45, 2.75) is 79.0 Å². The lowest BCUT2D eigenvalue weighted by Gasteiger charge is -2.51. The third-order valence-corrected chi connectivity index (χ3v) is 13.6. The van der Waals surface area contributed by atoms with Crippen LogP contribution in [0.1, 0.15) is 61.6 Å². The first kappa shape index (κ1) is 32.7. The number of aliphatic carboxylic acids is 1. The number of fused-ring (bicyclic) bond motifs is 6. The molecule has 2 unspecified atom stereocenters. The molecule has 4 fully saturated rings. The van der Waals surface area contributed by atoms with Crippen LogP contribution in [0.4, 0.5) is 35.1 Å². The number of hydrogen-bond acceptors (Lipinski definition) is 4. The number of carboxylic acid groups (broad SMARTS) is 1. The summed E-state index contributed by atoms with van der Waals surface area (Å²) in [6.07, 6.45) is -11.4. The number of carboxylic acids is 1. The van der Waals surface area contributed by atoms with Crippen molar-refractivity contribution in [3.05, 3.63) is 65.0 Å². The fraction of sp³-hybridized carbons (Fsp3) is 0.548. The molecule has 2 aromatic carbocycles. The molecule has 250 valence electrons. The van der Waals surface area contributed by atoms with Gasteiger partial charge in [-0.2, -0.15) is 26.3 Å². The molecule has 15 heteroatoms. The van der Waals surface area contributed by atoms with Gasteiger partial charge in [-0.25, -0.2) is 17.2 Å². The summed E-state index contributed by atoms with van der Waals surface area (Å²) in [5.74, 6) is -2.93. The van der Waals surface area contributed by atoms with Crippen molar-refractivity contribution in [3.63, 3.8) is 0 Å². The highest BCUT2D eigenvalue weighted by Crippen LogP contribution is 2.60. The Morgan fingerprint density at radius 1 is 0.826 bits per heavy atom. The molecule has 0 spiro atoms. The first-order valence-electron chi connectivity index (χ1n) is 14.7. The second kappa shape index (κ2) is 10.1. The van der Waals surface area contributed by atoms with E-state index in [2.05, 4.69) is 0 Å². The van der Waals surface area contributed by atoms with Crippen LogP contribution in [0.3, 0.4) is 0 Å². The molecule has 4 aliphatic carbocycles. The summed E-state index contributed by atoms with van der Waals surface area (Å²) in [5, 5.41) is 9.75. The number of benzene rings is 2. The van der Waals surface area contributed by atoms with E-state index in [1.807, 2.05) is 0 Å². The zero-order chi connectivity index (χ0) is 33.7. The number of hydrogen-bond donors (Lipinski definition) is 1. The second-order valence-corrected chi connectivity index (χ2v) is 15.4. The fourth-order valence-corrected chi connectivity index (χ4v) is 10.7. The molecule has 2 bridgehead atoms. The van der Waals surface area contributed by atoms with Crippen molar-refractivity contribution in [2.24, 2.45) is 16.7 Å². The van der Waals surface area contributed by atoms with Gasteiger partial charge in [-0.05, 0) is 86.8 Å². The Labute approximate surface area is 258 Å². The Morgan fingerprint density at radius 2 is 1.37 bits per heavy atom. The maximum absolute atomic E-state index is 15.1. The van der Waals surface area contributed by atoms with E-state index in [0.717, 1.165) is 30.3 Å². The lowest BCUT2D eigenvalue weighted by atomic mass is 9.53. The molecule has 5 aliphatic rings. The van der Waals surface area contributed by atoms with Gasteiger partial charge in [0, 0.05) is 30.0 Å². The van der Waals surface area contributed by atoms with Crippen molar-refractivity contribution < 1.29 is 58.2 Å². The third-order valence-electron chi connectivity index (χ3n) is 11.1. The maximum Gasteiger partial charge on any atom is 0.435 e. The lowest BCUT2D eigenvalue weighted by molar-refractivity contribution is -0.348. The zero-order valence-corrected chi connectivity index (χ0v) is 25.0. The van der Waals surface area contributed by atoms with Crippen LogP contribution in [-0.4, -0.2) is 55.7 Å². The van der Waals surface area contributed by atoms with Crippen LogP contribution in [-0.2, 0) is 36.3 Å². The van der Waals surface area contributed by atoms with Crippen molar-refractivity contribution in [2.75, 3.05) is 13.1 Å². The van der Waals surface area contributed by atoms with Gasteiger partial charge >= 0.3 is 24.0 Å². The molecule has 1 aliphatic heterocycles. The summed E-state index contributed by atoms with van der Waals surface area (Å²) >= 11 is 0. The molecule has 1 heterocycles. The van der Waals surface area contributed by atoms with E-state index in [1.54, 1.807) is 0 Å². The predicted molar refractivity (Wildman–Crippen MR) is 145 cm³/mol. The standard InChI is InChI=1S/C31H29F8NO5S/c32-21-4-6-22(7-5-21)46(44,45)28-17-40(24(41)26-9-12-27(13-10-26,14-11-26)25(42)43)16-20(28)2-1-18-15-19(3-8-23(18)28)29(33,30(34,35)36)31(37,38)39/h3-8,15,20H,1-2,9-14,16-17H2,(H,42,43).